The van der Waals surface area contributed by atoms with Crippen molar-refractivity contribution in [2.45, 2.75) is 63.5 Å². The molecule has 0 aromatic heterocycles. The van der Waals surface area contributed by atoms with E-state index in [2.05, 4.69) is 34.2 Å². The Morgan fingerprint density at radius 3 is 2.11 bits per heavy atom. The van der Waals surface area contributed by atoms with Crippen molar-refractivity contribution in [1.29, 1.82) is 0 Å². The van der Waals surface area contributed by atoms with Crippen LogP contribution >= 0.6 is 24.0 Å². The minimum atomic E-state index is -3.43. The average Bonchev–Trinajstić information content (AvgIpc) is 2.65. The Kier molecular flexibility index (Phi) is 12.9. The molecule has 0 fully saturated rings. The van der Waals surface area contributed by atoms with Gasteiger partial charge in [0.05, 0.1) is 17.0 Å². The van der Waals surface area contributed by atoms with Gasteiger partial charge in [0.15, 0.2) is 5.96 Å². The molecule has 0 unspecified atom stereocenters. The van der Waals surface area contributed by atoms with Crippen molar-refractivity contribution < 1.29 is 13.5 Å². The highest BCUT2D eigenvalue weighted by molar-refractivity contribution is 14.0. The van der Waals surface area contributed by atoms with Gasteiger partial charge in [-0.2, -0.15) is 0 Å². The van der Waals surface area contributed by atoms with E-state index in [0.29, 0.717) is 25.6 Å². The van der Waals surface area contributed by atoms with Gasteiger partial charge in [0.2, 0.25) is 10.0 Å². The Labute approximate surface area is 186 Å². The van der Waals surface area contributed by atoms with Crippen LogP contribution in [0, 0.1) is 0 Å². The van der Waals surface area contributed by atoms with E-state index in [1.165, 1.54) is 7.05 Å². The molecular formula is C19H35IN4O3S. The molecule has 0 amide bonds. The average molecular weight is 526 g/mol. The van der Waals surface area contributed by atoms with Crippen molar-refractivity contribution in [3.63, 3.8) is 0 Å². The molecule has 1 rings (SSSR count). The number of guanidine groups is 1. The molecule has 0 atom stereocenters. The monoisotopic (exact) mass is 526 g/mol. The van der Waals surface area contributed by atoms with Gasteiger partial charge in [0.25, 0.3) is 0 Å². The first-order valence-corrected chi connectivity index (χ1v) is 11.1. The maximum atomic E-state index is 11.8. The lowest BCUT2D eigenvalue weighted by Gasteiger charge is -2.28. The van der Waals surface area contributed by atoms with Crippen molar-refractivity contribution in [1.82, 2.24) is 15.4 Å². The number of sulfonamides is 1. The molecule has 0 spiro atoms. The van der Waals surface area contributed by atoms with Gasteiger partial charge in [-0.1, -0.05) is 38.8 Å². The zero-order valence-corrected chi connectivity index (χ0v) is 20.4. The van der Waals surface area contributed by atoms with E-state index in [4.69, 9.17) is 0 Å². The SMILES string of the molecule is CCCC(O)(CCC)CNC(=NCc1ccc(S(=O)(=O)NC)cc1)NCC.I. The molecule has 9 heteroatoms. The predicted octanol–water partition coefficient (Wildman–Crippen LogP) is 2.60. The molecule has 4 N–H and O–H groups in total. The molecule has 0 saturated carbocycles. The molecule has 0 heterocycles. The second-order valence-corrected chi connectivity index (χ2v) is 8.51. The lowest BCUT2D eigenvalue weighted by atomic mass is 9.93. The van der Waals surface area contributed by atoms with Gasteiger partial charge in [-0.25, -0.2) is 18.1 Å². The summed E-state index contributed by atoms with van der Waals surface area (Å²) in [5.74, 6) is 0.634. The van der Waals surface area contributed by atoms with Gasteiger partial charge in [-0.15, -0.1) is 24.0 Å². The van der Waals surface area contributed by atoms with Crippen molar-refractivity contribution in [3.8, 4) is 0 Å². The Bertz CT molecular complexity index is 688. The molecule has 1 aromatic rings. The highest BCUT2D eigenvalue weighted by atomic mass is 127. The second kappa shape index (κ2) is 13.3. The first-order chi connectivity index (χ1) is 12.8. The quantitative estimate of drug-likeness (QED) is 0.202. The molecule has 0 radical (unpaired) electrons. The van der Waals surface area contributed by atoms with Gasteiger partial charge < -0.3 is 15.7 Å². The number of benzene rings is 1. The molecule has 0 saturated heterocycles. The number of nitrogens with one attached hydrogen (secondary N) is 3. The predicted molar refractivity (Wildman–Crippen MR) is 126 cm³/mol. The minimum Gasteiger partial charge on any atom is -0.388 e. The molecule has 0 bridgehead atoms. The molecule has 28 heavy (non-hydrogen) atoms. The second-order valence-electron chi connectivity index (χ2n) is 6.62. The standard InChI is InChI=1S/C19H34N4O3S.HI/c1-5-12-19(24,13-6-2)15-23-18(21-7-3)22-14-16-8-10-17(11-9-16)27(25,26)20-4;/h8-11,20,24H,5-7,12-15H2,1-4H3,(H2,21,22,23);1H. The lowest BCUT2D eigenvalue weighted by Crippen LogP contribution is -2.47. The summed E-state index contributed by atoms with van der Waals surface area (Å²) in [6.45, 7) is 7.69. The summed E-state index contributed by atoms with van der Waals surface area (Å²) in [6, 6.07) is 6.64. The molecule has 162 valence electrons. The highest BCUT2D eigenvalue weighted by Crippen LogP contribution is 2.18. The van der Waals surface area contributed by atoms with Crippen LogP contribution in [0.5, 0.6) is 0 Å². The van der Waals surface area contributed by atoms with Crippen LogP contribution in [0.15, 0.2) is 34.2 Å². The number of hydrogen-bond acceptors (Lipinski definition) is 4. The van der Waals surface area contributed by atoms with Crippen LogP contribution < -0.4 is 15.4 Å². The maximum Gasteiger partial charge on any atom is 0.240 e. The van der Waals surface area contributed by atoms with Crippen molar-refractivity contribution in [2.75, 3.05) is 20.1 Å². The van der Waals surface area contributed by atoms with Crippen molar-refractivity contribution in [3.05, 3.63) is 29.8 Å². The Morgan fingerprint density at radius 2 is 1.64 bits per heavy atom. The number of halogens is 1. The Morgan fingerprint density at radius 1 is 1.07 bits per heavy atom. The minimum absolute atomic E-state index is 0. The fraction of sp³-hybridized carbons (Fsp3) is 0.632. The first kappa shape index (κ1) is 27.1. The van der Waals surface area contributed by atoms with E-state index >= 15 is 0 Å². The van der Waals surface area contributed by atoms with E-state index in [1.807, 2.05) is 6.92 Å². The lowest BCUT2D eigenvalue weighted by molar-refractivity contribution is 0.0257. The van der Waals surface area contributed by atoms with Crippen LogP contribution in [0.1, 0.15) is 52.0 Å². The molecule has 1 aromatic carbocycles. The van der Waals surface area contributed by atoms with Crippen molar-refractivity contribution >= 4 is 40.0 Å². The summed E-state index contributed by atoms with van der Waals surface area (Å²) >= 11 is 0. The molecule has 7 nitrogen and oxygen atoms in total. The third kappa shape index (κ3) is 9.06. The van der Waals surface area contributed by atoms with E-state index in [0.717, 1.165) is 31.2 Å². The molecule has 0 aliphatic heterocycles. The molecule has 0 aliphatic rings. The Hall–Kier alpha value is -0.910. The van der Waals surface area contributed by atoms with Gasteiger partial charge >= 0.3 is 0 Å². The zero-order valence-electron chi connectivity index (χ0n) is 17.3. The van der Waals surface area contributed by atoms with E-state index in [-0.39, 0.29) is 28.9 Å². The normalized spacial score (nSPS) is 12.4. The van der Waals surface area contributed by atoms with Crippen LogP contribution in [0.3, 0.4) is 0 Å². The maximum absolute atomic E-state index is 11.8. The van der Waals surface area contributed by atoms with Crippen LogP contribution in [0.25, 0.3) is 0 Å². The zero-order chi connectivity index (χ0) is 20.3. The fourth-order valence-corrected chi connectivity index (χ4v) is 3.61. The number of aliphatic hydroxyl groups is 1. The van der Waals surface area contributed by atoms with Gasteiger partial charge in [-0.05, 0) is 44.5 Å². The third-order valence-corrected chi connectivity index (χ3v) is 5.71. The van der Waals surface area contributed by atoms with Crippen LogP contribution in [0.4, 0.5) is 0 Å². The summed E-state index contributed by atoms with van der Waals surface area (Å²) in [6.07, 6.45) is 3.34. The number of aliphatic imine (C=N–C) groups is 1. The fourth-order valence-electron chi connectivity index (χ4n) is 2.88. The largest absolute Gasteiger partial charge is 0.388 e. The van der Waals surface area contributed by atoms with Crippen LogP contribution in [-0.2, 0) is 16.6 Å². The van der Waals surface area contributed by atoms with Gasteiger partial charge in [0.1, 0.15) is 0 Å². The number of hydrogen-bond donors (Lipinski definition) is 4. The Balaban J connectivity index is 0.00000729. The van der Waals surface area contributed by atoms with E-state index in [1.54, 1.807) is 24.3 Å². The van der Waals surface area contributed by atoms with Gasteiger partial charge in [-0.3, -0.25) is 0 Å². The topological polar surface area (TPSA) is 103 Å². The number of nitrogens with zero attached hydrogens (tertiary/aromatic N) is 1. The van der Waals surface area contributed by atoms with Crippen LogP contribution in [0.2, 0.25) is 0 Å². The summed E-state index contributed by atoms with van der Waals surface area (Å²) in [4.78, 5) is 4.77. The van der Waals surface area contributed by atoms with E-state index < -0.39 is 15.6 Å². The summed E-state index contributed by atoms with van der Waals surface area (Å²) in [7, 11) is -2.04. The molecular weight excluding hydrogens is 491 g/mol. The summed E-state index contributed by atoms with van der Waals surface area (Å²) in [5.41, 5.74) is 0.169. The third-order valence-electron chi connectivity index (χ3n) is 4.28. The summed E-state index contributed by atoms with van der Waals surface area (Å²) < 4.78 is 25.8. The van der Waals surface area contributed by atoms with Crippen LogP contribution in [-0.4, -0.2) is 45.2 Å². The summed E-state index contributed by atoms with van der Waals surface area (Å²) in [5, 5.41) is 17.1. The van der Waals surface area contributed by atoms with Crippen molar-refractivity contribution in [2.24, 2.45) is 4.99 Å². The van der Waals surface area contributed by atoms with E-state index in [9.17, 15) is 13.5 Å². The molecule has 0 aliphatic carbocycles. The van der Waals surface area contributed by atoms with Gasteiger partial charge in [0, 0.05) is 13.1 Å². The highest BCUT2D eigenvalue weighted by Gasteiger charge is 2.24. The number of rotatable bonds is 11. The first-order valence-electron chi connectivity index (χ1n) is 9.57. The smallest absolute Gasteiger partial charge is 0.240 e.